The second-order valence-electron chi connectivity index (χ2n) is 5.62. The Balaban J connectivity index is 1.73. The SMILES string of the molecule is CS(=O)(=O)N1CCN(CCC(NC2CC2)C(=O)O)CC1. The van der Waals surface area contributed by atoms with E-state index in [1.54, 1.807) is 0 Å². The molecule has 1 heterocycles. The van der Waals surface area contributed by atoms with E-state index in [2.05, 4.69) is 10.2 Å². The van der Waals surface area contributed by atoms with Crippen molar-refractivity contribution in [3.63, 3.8) is 0 Å². The Labute approximate surface area is 120 Å². The third-order valence-corrected chi connectivity index (χ3v) is 5.15. The summed E-state index contributed by atoms with van der Waals surface area (Å²) >= 11 is 0. The van der Waals surface area contributed by atoms with Crippen LogP contribution in [0.2, 0.25) is 0 Å². The number of rotatable bonds is 7. The van der Waals surface area contributed by atoms with Gasteiger partial charge in [0.25, 0.3) is 0 Å². The second-order valence-corrected chi connectivity index (χ2v) is 7.61. The van der Waals surface area contributed by atoms with Gasteiger partial charge in [-0.05, 0) is 19.3 Å². The summed E-state index contributed by atoms with van der Waals surface area (Å²) in [5.41, 5.74) is 0. The molecule has 1 saturated heterocycles. The average Bonchev–Trinajstić information content (AvgIpc) is 3.17. The Morgan fingerprint density at radius 3 is 2.35 bits per heavy atom. The summed E-state index contributed by atoms with van der Waals surface area (Å²) in [5, 5.41) is 12.3. The highest BCUT2D eigenvalue weighted by atomic mass is 32.2. The van der Waals surface area contributed by atoms with Gasteiger partial charge in [-0.25, -0.2) is 8.42 Å². The molecular weight excluding hydrogens is 282 g/mol. The Hall–Kier alpha value is -0.700. The second kappa shape index (κ2) is 6.38. The molecule has 2 fully saturated rings. The van der Waals surface area contributed by atoms with Crippen molar-refractivity contribution in [2.75, 3.05) is 39.0 Å². The largest absolute Gasteiger partial charge is 0.480 e. The van der Waals surface area contributed by atoms with E-state index < -0.39 is 22.0 Å². The highest BCUT2D eigenvalue weighted by molar-refractivity contribution is 7.88. The summed E-state index contributed by atoms with van der Waals surface area (Å²) in [6, 6.07) is -0.117. The smallest absolute Gasteiger partial charge is 0.320 e. The zero-order chi connectivity index (χ0) is 14.8. The zero-order valence-corrected chi connectivity index (χ0v) is 12.6. The van der Waals surface area contributed by atoms with Crippen molar-refractivity contribution in [2.45, 2.75) is 31.3 Å². The van der Waals surface area contributed by atoms with Gasteiger partial charge in [-0.15, -0.1) is 0 Å². The van der Waals surface area contributed by atoms with Gasteiger partial charge in [-0.3, -0.25) is 4.79 Å². The normalized spacial score (nSPS) is 23.6. The molecule has 0 bridgehead atoms. The number of carboxylic acid groups (broad SMARTS) is 1. The molecule has 0 aromatic heterocycles. The molecule has 0 spiro atoms. The highest BCUT2D eigenvalue weighted by Gasteiger charge is 2.29. The van der Waals surface area contributed by atoms with Crippen LogP contribution in [0.5, 0.6) is 0 Å². The van der Waals surface area contributed by atoms with Crippen molar-refractivity contribution in [3.05, 3.63) is 0 Å². The number of nitrogens with one attached hydrogen (secondary N) is 1. The molecule has 0 aromatic rings. The third kappa shape index (κ3) is 4.69. The zero-order valence-electron chi connectivity index (χ0n) is 11.8. The molecule has 0 radical (unpaired) electrons. The minimum Gasteiger partial charge on any atom is -0.480 e. The van der Waals surface area contributed by atoms with Gasteiger partial charge < -0.3 is 15.3 Å². The fraction of sp³-hybridized carbons (Fsp3) is 0.917. The molecule has 7 nitrogen and oxygen atoms in total. The minimum atomic E-state index is -3.10. The van der Waals surface area contributed by atoms with E-state index in [1.165, 1.54) is 10.6 Å². The van der Waals surface area contributed by atoms with E-state index in [9.17, 15) is 13.2 Å². The van der Waals surface area contributed by atoms with Crippen LogP contribution in [-0.2, 0) is 14.8 Å². The van der Waals surface area contributed by atoms with E-state index in [4.69, 9.17) is 5.11 Å². The molecule has 20 heavy (non-hydrogen) atoms. The van der Waals surface area contributed by atoms with Gasteiger partial charge in [-0.2, -0.15) is 4.31 Å². The van der Waals surface area contributed by atoms with Gasteiger partial charge in [0, 0.05) is 38.8 Å². The Kier molecular flexibility index (Phi) is 5.00. The number of hydrogen-bond donors (Lipinski definition) is 2. The summed E-state index contributed by atoms with van der Waals surface area (Å²) in [5.74, 6) is -0.799. The average molecular weight is 305 g/mol. The van der Waals surface area contributed by atoms with Crippen LogP contribution in [-0.4, -0.2) is 79.8 Å². The fourth-order valence-electron chi connectivity index (χ4n) is 2.41. The van der Waals surface area contributed by atoms with Crippen LogP contribution in [0.3, 0.4) is 0 Å². The highest BCUT2D eigenvalue weighted by Crippen LogP contribution is 2.20. The van der Waals surface area contributed by atoms with Crippen molar-refractivity contribution in [1.82, 2.24) is 14.5 Å². The molecule has 1 aliphatic carbocycles. The monoisotopic (exact) mass is 305 g/mol. The lowest BCUT2D eigenvalue weighted by Gasteiger charge is -2.33. The number of piperazine rings is 1. The summed E-state index contributed by atoms with van der Waals surface area (Å²) in [6.45, 7) is 3.01. The topological polar surface area (TPSA) is 90.0 Å². The third-order valence-electron chi connectivity index (χ3n) is 3.85. The molecule has 1 saturated carbocycles. The summed E-state index contributed by atoms with van der Waals surface area (Å²) < 4.78 is 24.3. The van der Waals surface area contributed by atoms with E-state index in [-0.39, 0.29) is 0 Å². The number of sulfonamides is 1. The van der Waals surface area contributed by atoms with Gasteiger partial charge in [0.05, 0.1) is 6.26 Å². The van der Waals surface area contributed by atoms with Gasteiger partial charge in [0.2, 0.25) is 10.0 Å². The maximum atomic E-state index is 11.4. The van der Waals surface area contributed by atoms with Gasteiger partial charge in [0.1, 0.15) is 6.04 Å². The lowest BCUT2D eigenvalue weighted by Crippen LogP contribution is -2.49. The van der Waals surface area contributed by atoms with Crippen LogP contribution in [0, 0.1) is 0 Å². The van der Waals surface area contributed by atoms with Crippen LogP contribution in [0.25, 0.3) is 0 Å². The van der Waals surface area contributed by atoms with Crippen LogP contribution in [0.15, 0.2) is 0 Å². The summed E-state index contributed by atoms with van der Waals surface area (Å²) in [7, 11) is -3.10. The van der Waals surface area contributed by atoms with Gasteiger partial charge in [-0.1, -0.05) is 0 Å². The first kappa shape index (κ1) is 15.7. The van der Waals surface area contributed by atoms with Gasteiger partial charge in [0.15, 0.2) is 0 Å². The van der Waals surface area contributed by atoms with Crippen molar-refractivity contribution in [3.8, 4) is 0 Å². The number of carbonyl (C=O) groups is 1. The molecule has 116 valence electrons. The standard InChI is InChI=1S/C12H23N3O4S/c1-20(18,19)15-8-6-14(7-9-15)5-4-11(12(16)17)13-10-2-3-10/h10-11,13H,2-9H2,1H3,(H,16,17). The number of hydrogen-bond acceptors (Lipinski definition) is 5. The van der Waals surface area contributed by atoms with Crippen LogP contribution in [0.4, 0.5) is 0 Å². The lowest BCUT2D eigenvalue weighted by atomic mass is 10.2. The molecule has 1 unspecified atom stereocenters. The molecule has 1 atom stereocenters. The predicted octanol–water partition coefficient (Wildman–Crippen LogP) is -0.841. The van der Waals surface area contributed by atoms with Crippen LogP contribution in [0.1, 0.15) is 19.3 Å². The first-order valence-corrected chi connectivity index (χ1v) is 8.87. The van der Waals surface area contributed by atoms with Gasteiger partial charge >= 0.3 is 5.97 Å². The van der Waals surface area contributed by atoms with Crippen molar-refractivity contribution in [1.29, 1.82) is 0 Å². The van der Waals surface area contributed by atoms with E-state index in [0.29, 0.717) is 45.2 Å². The van der Waals surface area contributed by atoms with Crippen LogP contribution >= 0.6 is 0 Å². The fourth-order valence-corrected chi connectivity index (χ4v) is 3.24. The maximum absolute atomic E-state index is 11.4. The number of nitrogens with zero attached hydrogens (tertiary/aromatic N) is 2. The molecule has 2 rings (SSSR count). The summed E-state index contributed by atoms with van der Waals surface area (Å²) in [6.07, 6.45) is 3.92. The molecule has 1 aliphatic heterocycles. The lowest BCUT2D eigenvalue weighted by molar-refractivity contribution is -0.139. The molecular formula is C12H23N3O4S. The Bertz CT molecular complexity index is 442. The predicted molar refractivity (Wildman–Crippen MR) is 75.1 cm³/mol. The Morgan fingerprint density at radius 1 is 1.30 bits per heavy atom. The first-order chi connectivity index (χ1) is 9.36. The van der Waals surface area contributed by atoms with E-state index in [1.807, 2.05) is 0 Å². The van der Waals surface area contributed by atoms with Crippen molar-refractivity contribution < 1.29 is 18.3 Å². The molecule has 0 amide bonds. The number of carboxylic acids is 1. The quantitative estimate of drug-likeness (QED) is 0.637. The minimum absolute atomic E-state index is 0.373. The molecule has 2 N–H and O–H groups in total. The first-order valence-electron chi connectivity index (χ1n) is 7.02. The van der Waals surface area contributed by atoms with Crippen molar-refractivity contribution in [2.24, 2.45) is 0 Å². The number of aliphatic carboxylic acids is 1. The molecule has 8 heteroatoms. The van der Waals surface area contributed by atoms with Crippen LogP contribution < -0.4 is 5.32 Å². The molecule has 2 aliphatic rings. The van der Waals surface area contributed by atoms with Crippen molar-refractivity contribution >= 4 is 16.0 Å². The Morgan fingerprint density at radius 2 is 1.90 bits per heavy atom. The van der Waals surface area contributed by atoms with E-state index >= 15 is 0 Å². The maximum Gasteiger partial charge on any atom is 0.320 e. The van der Waals surface area contributed by atoms with E-state index in [0.717, 1.165) is 12.8 Å². The summed E-state index contributed by atoms with van der Waals surface area (Å²) in [4.78, 5) is 13.3. The molecule has 0 aromatic carbocycles.